The van der Waals surface area contributed by atoms with E-state index in [1.165, 1.54) is 48.5 Å². The number of tetrazole rings is 2. The number of amidine groups is 1. The van der Waals surface area contributed by atoms with Gasteiger partial charge in [-0.2, -0.15) is 18.3 Å². The minimum absolute atomic E-state index is 0.0535. The number of hydrogen-bond donors (Lipinski definition) is 6. The quantitative estimate of drug-likeness (QED) is 0.121. The highest BCUT2D eigenvalue weighted by molar-refractivity contribution is 7.87. The lowest BCUT2D eigenvalue weighted by Gasteiger charge is -2.18. The number of carboxylic acids is 1. The summed E-state index contributed by atoms with van der Waals surface area (Å²) >= 11 is 0. The molecule has 3 heterocycles. The number of hydrogen-bond acceptors (Lipinski definition) is 17. The maximum atomic E-state index is 10.9. The first kappa shape index (κ1) is 66.9. The second-order valence-electron chi connectivity index (χ2n) is 20.8. The third-order valence-electron chi connectivity index (χ3n) is 7.44. The summed E-state index contributed by atoms with van der Waals surface area (Å²) in [5.41, 5.74) is -0.463. The Balaban J connectivity index is -0.000000334. The van der Waals surface area contributed by atoms with Gasteiger partial charge < -0.3 is 24.9 Å². The largest absolute Gasteiger partial charge is 0.480 e. The van der Waals surface area contributed by atoms with Crippen LogP contribution in [0.15, 0.2) is 15.2 Å². The maximum absolute atomic E-state index is 10.9. The summed E-state index contributed by atoms with van der Waals surface area (Å²) in [4.78, 5) is 53.7. The smallest absolute Gasteiger partial charge is 0.457 e. The van der Waals surface area contributed by atoms with Crippen molar-refractivity contribution >= 4 is 48.2 Å². The van der Waals surface area contributed by atoms with Crippen LogP contribution in [0, 0.1) is 11.3 Å². The summed E-state index contributed by atoms with van der Waals surface area (Å²) in [6.07, 6.45) is 0. The molecule has 0 aliphatic carbocycles. The van der Waals surface area contributed by atoms with Crippen molar-refractivity contribution in [2.45, 2.75) is 191 Å². The van der Waals surface area contributed by atoms with Crippen molar-refractivity contribution in [3.05, 3.63) is 11.6 Å². The van der Waals surface area contributed by atoms with Gasteiger partial charge in [-0.3, -0.25) is 23.5 Å². The van der Waals surface area contributed by atoms with Gasteiger partial charge in [0.1, 0.15) is 18.2 Å². The molecule has 0 amide bonds. The molecule has 2 aromatic rings. The second kappa shape index (κ2) is 27.0. The number of rotatable bonds is 5. The normalized spacial score (nSPS) is 13.0. The lowest BCUT2D eigenvalue weighted by atomic mass is 9.62. The summed E-state index contributed by atoms with van der Waals surface area (Å²) in [6.45, 7) is 39.5. The molecule has 0 fully saturated rings. The number of azo groups is 1. The van der Waals surface area contributed by atoms with Crippen molar-refractivity contribution in [1.29, 1.82) is 0 Å². The fourth-order valence-electron chi connectivity index (χ4n) is 2.33. The fraction of sp³-hybridized carbons (Fsp3) is 0.842. The summed E-state index contributed by atoms with van der Waals surface area (Å²) < 4.78 is 39.6. The Hall–Kier alpha value is -3.74. The van der Waals surface area contributed by atoms with Gasteiger partial charge in [-0.15, -0.1) is 20.4 Å². The molecule has 0 unspecified atom stereocenters. The molecule has 2 aromatic heterocycles. The Kier molecular flexibility index (Phi) is 28.2. The van der Waals surface area contributed by atoms with E-state index in [9.17, 15) is 27.4 Å². The Labute approximate surface area is 380 Å². The third-order valence-corrected chi connectivity index (χ3v) is 10.7. The molecule has 1 aliphatic heterocycles. The number of carboxylic acid groups (broad SMARTS) is 1. The summed E-state index contributed by atoms with van der Waals surface area (Å²) in [7, 11) is -8.89. The average Bonchev–Trinajstić information content (AvgIpc) is 3.82. The van der Waals surface area contributed by atoms with Crippen molar-refractivity contribution in [2.75, 3.05) is 6.67 Å². The zero-order valence-electron chi connectivity index (χ0n) is 42.2. The van der Waals surface area contributed by atoms with Gasteiger partial charge >= 0.3 is 20.7 Å². The minimum Gasteiger partial charge on any atom is -0.480 e. The zero-order valence-corrected chi connectivity index (χ0v) is 43.9. The van der Waals surface area contributed by atoms with E-state index in [4.69, 9.17) is 29.5 Å². The molecule has 0 radical (unpaired) electrons. The number of Topliss-reactive ketones (excluding diaryl/α,β-unsaturated/α-hetero) is 2. The molecule has 0 spiro atoms. The van der Waals surface area contributed by atoms with Gasteiger partial charge in [-0.25, -0.2) is 9.67 Å². The van der Waals surface area contributed by atoms with E-state index >= 15 is 0 Å². The average molecular weight is 956 g/mol. The molecule has 23 nitrogen and oxygen atoms in total. The number of aliphatic imine (C=N–C) groups is 1. The van der Waals surface area contributed by atoms with Crippen LogP contribution in [-0.2, 0) is 53.0 Å². The highest BCUT2D eigenvalue weighted by atomic mass is 32.2. The standard InChI is InChI=1S/C8H14N4O.C7H12N4O2.C6H12O.C5H9N3.C4H11BO2.C4H11O3P.C4H10O3S/c1-6(13)5-12-7(8(2,3)4)9-10-11-12;1-7(2,3)6-8-10-11(9-6)4-5(12)13;1-5(7)6(2,3)4;1-4(2)5-6-3-7-8-5;1-4(2,3)5(6)7;2*1-4(2,3)8(5,6)7/h5H2,1-4H3;4H2,1-3H3,(H,12,13);1-4H3;4H,3H2,1-2H3;6-7H,1-3H3;1-3H3,(H2,5,6,7);1-3H3,(H,5,6,7). The Morgan fingerprint density at radius 2 is 1.19 bits per heavy atom. The Bertz CT molecular complexity index is 1940. The van der Waals surface area contributed by atoms with E-state index in [0.29, 0.717) is 18.4 Å². The Morgan fingerprint density at radius 3 is 1.39 bits per heavy atom. The van der Waals surface area contributed by atoms with E-state index < -0.39 is 40.7 Å². The fourth-order valence-corrected chi connectivity index (χ4v) is 2.33. The first-order valence-corrected chi connectivity index (χ1v) is 23.1. The van der Waals surface area contributed by atoms with E-state index in [2.05, 4.69) is 60.0 Å². The van der Waals surface area contributed by atoms with E-state index in [0.717, 1.165) is 16.5 Å². The molecule has 3 rings (SSSR count). The van der Waals surface area contributed by atoms with Crippen molar-refractivity contribution in [2.24, 2.45) is 26.6 Å². The number of carbonyl (C=O) groups excluding carboxylic acids is 2. The molecule has 0 aromatic carbocycles. The van der Waals surface area contributed by atoms with E-state index in [1.54, 1.807) is 32.4 Å². The van der Waals surface area contributed by atoms with Crippen LogP contribution in [-0.4, -0.2) is 125 Å². The van der Waals surface area contributed by atoms with E-state index in [1.807, 2.05) is 62.3 Å². The molecular formula is C38H79BN11O12PS. The van der Waals surface area contributed by atoms with Gasteiger partial charge in [0.2, 0.25) is 0 Å². The van der Waals surface area contributed by atoms with Crippen LogP contribution < -0.4 is 0 Å². The highest BCUT2D eigenvalue weighted by Gasteiger charge is 2.32. The maximum Gasteiger partial charge on any atom is 0.457 e. The van der Waals surface area contributed by atoms with Crippen LogP contribution in [0.4, 0.5) is 0 Å². The first-order valence-electron chi connectivity index (χ1n) is 20.1. The molecule has 0 saturated carbocycles. The third kappa shape index (κ3) is 32.8. The second-order valence-corrected chi connectivity index (χ2v) is 25.4. The van der Waals surface area contributed by atoms with Gasteiger partial charge in [0.25, 0.3) is 10.1 Å². The number of carbonyl (C=O) groups is 3. The van der Waals surface area contributed by atoms with Gasteiger partial charge in [-0.05, 0) is 76.3 Å². The zero-order chi connectivity index (χ0) is 52.3. The van der Waals surface area contributed by atoms with E-state index in [-0.39, 0.29) is 46.2 Å². The number of ketones is 2. The number of aromatic nitrogens is 8. The molecule has 0 atom stereocenters. The predicted molar refractivity (Wildman–Crippen MR) is 246 cm³/mol. The molecule has 1 aliphatic rings. The van der Waals surface area contributed by atoms with Crippen molar-refractivity contribution in [3.63, 3.8) is 0 Å². The monoisotopic (exact) mass is 956 g/mol. The summed E-state index contributed by atoms with van der Waals surface area (Å²) in [6, 6.07) is 0. The van der Waals surface area contributed by atoms with Crippen LogP contribution in [0.3, 0.4) is 0 Å². The van der Waals surface area contributed by atoms with Crippen LogP contribution >= 0.6 is 7.60 Å². The van der Waals surface area contributed by atoms with Crippen LogP contribution in [0.25, 0.3) is 0 Å². The van der Waals surface area contributed by atoms with Gasteiger partial charge in [0.15, 0.2) is 30.6 Å². The van der Waals surface area contributed by atoms with Crippen LogP contribution in [0.1, 0.15) is 164 Å². The molecule has 64 heavy (non-hydrogen) atoms. The summed E-state index contributed by atoms with van der Waals surface area (Å²) in [5.74, 6) is 1.92. The lowest BCUT2D eigenvalue weighted by Crippen LogP contribution is -2.26. The van der Waals surface area contributed by atoms with Gasteiger partial charge in [-0.1, -0.05) is 96.9 Å². The lowest BCUT2D eigenvalue weighted by molar-refractivity contribution is -0.138. The molecule has 0 saturated heterocycles. The molecule has 372 valence electrons. The van der Waals surface area contributed by atoms with Crippen LogP contribution in [0.5, 0.6) is 0 Å². The molecule has 0 bridgehead atoms. The molecule has 6 N–H and O–H groups in total. The minimum atomic E-state index is -3.85. The first-order chi connectivity index (χ1) is 28.0. The van der Waals surface area contributed by atoms with Gasteiger partial charge in [0.05, 0.1) is 9.90 Å². The molecule has 26 heteroatoms. The molecular weight excluding hydrogens is 876 g/mol. The number of nitrogens with zero attached hydrogens (tertiary/aromatic N) is 11. The summed E-state index contributed by atoms with van der Waals surface area (Å²) in [5, 5.41) is 54.1. The van der Waals surface area contributed by atoms with Crippen LogP contribution in [0.2, 0.25) is 5.31 Å². The van der Waals surface area contributed by atoms with Gasteiger partial charge in [0, 0.05) is 22.2 Å². The van der Waals surface area contributed by atoms with Crippen molar-refractivity contribution in [3.8, 4) is 0 Å². The van der Waals surface area contributed by atoms with Crippen molar-refractivity contribution < 1.29 is 56.9 Å². The topological polar surface area (TPSA) is 348 Å². The highest BCUT2D eigenvalue weighted by Crippen LogP contribution is 2.49. The Morgan fingerprint density at radius 1 is 0.781 bits per heavy atom. The predicted octanol–water partition coefficient (Wildman–Crippen LogP) is 5.60. The SMILES string of the molecule is CC(=O)C(C)(C)C.CC(=O)Cn1nnnc1C(C)(C)C.CC(C)(C)B(O)O.CC(C)(C)P(=O)(O)O.CC(C)(C)S(=O)(=O)O.CC(C)(C)c1nnn(CC(=O)O)n1.CC(C)C1=NCN=N1. The number of aliphatic carboxylic acids is 1. The van der Waals surface area contributed by atoms with Crippen molar-refractivity contribution in [1.82, 2.24) is 40.4 Å².